The first kappa shape index (κ1) is 19.5. The third-order valence-electron chi connectivity index (χ3n) is 3.76. The second-order valence-corrected chi connectivity index (χ2v) is 8.24. The highest BCUT2D eigenvalue weighted by molar-refractivity contribution is 7.85. The van der Waals surface area contributed by atoms with Crippen molar-refractivity contribution in [2.45, 2.75) is 50.3 Å². The van der Waals surface area contributed by atoms with E-state index >= 15 is 0 Å². The predicted octanol–water partition coefficient (Wildman–Crippen LogP) is 1.88. The van der Waals surface area contributed by atoms with E-state index in [0.29, 0.717) is 24.4 Å². The van der Waals surface area contributed by atoms with Crippen LogP contribution in [-0.2, 0) is 17.2 Å². The minimum atomic E-state index is -0.771. The van der Waals surface area contributed by atoms with Crippen molar-refractivity contribution >= 4 is 40.5 Å². The lowest BCUT2D eigenvalue weighted by Crippen LogP contribution is -2.41. The summed E-state index contributed by atoms with van der Waals surface area (Å²) in [7, 11) is -0.771. The maximum atomic E-state index is 12.2. The molecule has 0 saturated heterocycles. The first-order chi connectivity index (χ1) is 10.1. The van der Waals surface area contributed by atoms with Gasteiger partial charge in [-0.05, 0) is 25.8 Å². The summed E-state index contributed by atoms with van der Waals surface area (Å²) in [6.45, 7) is 2.49. The van der Waals surface area contributed by atoms with Crippen LogP contribution in [0.5, 0.6) is 0 Å². The van der Waals surface area contributed by atoms with Crippen molar-refractivity contribution in [1.82, 2.24) is 10.3 Å². The average molecular weight is 366 g/mol. The molecule has 8 heteroatoms. The molecule has 126 valence electrons. The van der Waals surface area contributed by atoms with Crippen molar-refractivity contribution in [3.8, 4) is 0 Å². The van der Waals surface area contributed by atoms with Crippen LogP contribution in [0.1, 0.15) is 48.1 Å². The normalized spacial score (nSPS) is 22.6. The molecule has 1 aromatic heterocycles. The second kappa shape index (κ2) is 9.60. The molecular formula is C14H24ClN3O2S2. The van der Waals surface area contributed by atoms with Gasteiger partial charge in [-0.15, -0.1) is 23.7 Å². The molecule has 0 aliphatic heterocycles. The number of rotatable bonds is 6. The van der Waals surface area contributed by atoms with Crippen LogP contribution in [0, 0.1) is 0 Å². The Morgan fingerprint density at radius 3 is 3.00 bits per heavy atom. The Kier molecular flexibility index (Phi) is 8.53. The molecule has 0 bridgehead atoms. The Morgan fingerprint density at radius 2 is 2.32 bits per heavy atom. The Hall–Kier alpha value is -0.500. The number of carbonyl (C=O) groups is 1. The number of aromatic nitrogens is 1. The number of nitrogens with one attached hydrogen (secondary N) is 1. The highest BCUT2D eigenvalue weighted by atomic mass is 35.5. The molecule has 1 aromatic rings. The van der Waals surface area contributed by atoms with Crippen molar-refractivity contribution in [2.75, 3.05) is 12.3 Å². The zero-order valence-corrected chi connectivity index (χ0v) is 15.2. The van der Waals surface area contributed by atoms with E-state index in [1.165, 1.54) is 11.3 Å². The minimum absolute atomic E-state index is 0. The van der Waals surface area contributed by atoms with Gasteiger partial charge in [0.2, 0.25) is 0 Å². The van der Waals surface area contributed by atoms with Crippen molar-refractivity contribution in [3.05, 3.63) is 16.1 Å². The molecule has 0 spiro atoms. The molecule has 0 radical (unpaired) electrons. The number of halogens is 1. The van der Waals surface area contributed by atoms with Gasteiger partial charge in [0.1, 0.15) is 5.69 Å². The quantitative estimate of drug-likeness (QED) is 0.805. The summed E-state index contributed by atoms with van der Waals surface area (Å²) in [5, 5.41) is 5.94. The predicted molar refractivity (Wildman–Crippen MR) is 94.3 cm³/mol. The highest BCUT2D eigenvalue weighted by Crippen LogP contribution is 2.23. The number of hydrogen-bond donors (Lipinski definition) is 2. The fourth-order valence-electron chi connectivity index (χ4n) is 2.66. The maximum Gasteiger partial charge on any atom is 0.270 e. The molecule has 1 amide bonds. The van der Waals surface area contributed by atoms with E-state index in [2.05, 4.69) is 10.3 Å². The van der Waals surface area contributed by atoms with Gasteiger partial charge in [-0.25, -0.2) is 4.98 Å². The zero-order chi connectivity index (χ0) is 15.2. The molecule has 3 N–H and O–H groups in total. The number of nitrogens with two attached hydrogens (primary N) is 1. The lowest BCUT2D eigenvalue weighted by Gasteiger charge is -2.28. The van der Waals surface area contributed by atoms with Crippen LogP contribution in [0.25, 0.3) is 0 Å². The van der Waals surface area contributed by atoms with E-state index < -0.39 is 10.8 Å². The average Bonchev–Trinajstić information content (AvgIpc) is 2.96. The summed E-state index contributed by atoms with van der Waals surface area (Å²) < 4.78 is 11.9. The monoisotopic (exact) mass is 365 g/mol. The number of hydrogen-bond acceptors (Lipinski definition) is 5. The molecule has 1 heterocycles. The largest absolute Gasteiger partial charge is 0.348 e. The third-order valence-corrected chi connectivity index (χ3v) is 6.41. The standard InChI is InChI=1S/C14H23N3O2S2.ClH/c1-2-21(19)11-5-3-4-10(8-11)16-14(18)12-9-20-13(17-12)6-7-15;/h9-11H,2-8,15H2,1H3,(H,16,18);1H. The summed E-state index contributed by atoms with van der Waals surface area (Å²) in [6, 6.07) is 0.117. The van der Waals surface area contributed by atoms with Crippen LogP contribution in [0.4, 0.5) is 0 Å². The molecular weight excluding hydrogens is 342 g/mol. The molecule has 3 atom stereocenters. The first-order valence-electron chi connectivity index (χ1n) is 7.46. The van der Waals surface area contributed by atoms with Crippen LogP contribution in [0.15, 0.2) is 5.38 Å². The fraction of sp³-hybridized carbons (Fsp3) is 0.714. The smallest absolute Gasteiger partial charge is 0.270 e. The van der Waals surface area contributed by atoms with Crippen LogP contribution in [0.2, 0.25) is 0 Å². The third kappa shape index (κ3) is 5.30. The van der Waals surface area contributed by atoms with Crippen LogP contribution < -0.4 is 11.1 Å². The van der Waals surface area contributed by atoms with Gasteiger partial charge < -0.3 is 11.1 Å². The van der Waals surface area contributed by atoms with E-state index in [-0.39, 0.29) is 29.6 Å². The maximum absolute atomic E-state index is 12.2. The topological polar surface area (TPSA) is 85.1 Å². The molecule has 1 fully saturated rings. The van der Waals surface area contributed by atoms with Crippen molar-refractivity contribution in [3.63, 3.8) is 0 Å². The molecule has 0 aromatic carbocycles. The van der Waals surface area contributed by atoms with E-state index in [9.17, 15) is 9.00 Å². The summed E-state index contributed by atoms with van der Waals surface area (Å²) >= 11 is 1.47. The zero-order valence-electron chi connectivity index (χ0n) is 12.7. The van der Waals surface area contributed by atoms with Gasteiger partial charge in [0.05, 0.1) is 5.01 Å². The lowest BCUT2D eigenvalue weighted by molar-refractivity contribution is 0.0923. The molecule has 5 nitrogen and oxygen atoms in total. The molecule has 22 heavy (non-hydrogen) atoms. The van der Waals surface area contributed by atoms with Crippen LogP contribution >= 0.6 is 23.7 Å². The van der Waals surface area contributed by atoms with E-state index in [4.69, 9.17) is 5.73 Å². The van der Waals surface area contributed by atoms with Gasteiger partial charge in [0.25, 0.3) is 5.91 Å². The van der Waals surface area contributed by atoms with E-state index in [0.717, 1.165) is 30.7 Å². The van der Waals surface area contributed by atoms with Crippen molar-refractivity contribution < 1.29 is 9.00 Å². The minimum Gasteiger partial charge on any atom is -0.348 e. The number of thiazole rings is 1. The Balaban J connectivity index is 0.00000242. The van der Waals surface area contributed by atoms with Gasteiger partial charge in [-0.1, -0.05) is 13.3 Å². The number of nitrogens with zero attached hydrogens (tertiary/aromatic N) is 1. The van der Waals surface area contributed by atoms with E-state index in [1.54, 1.807) is 5.38 Å². The first-order valence-corrected chi connectivity index (χ1v) is 9.72. The summed E-state index contributed by atoms with van der Waals surface area (Å²) in [5.74, 6) is 0.572. The fourth-order valence-corrected chi connectivity index (χ4v) is 4.81. The van der Waals surface area contributed by atoms with Crippen molar-refractivity contribution in [1.29, 1.82) is 0 Å². The van der Waals surface area contributed by atoms with Gasteiger partial charge >= 0.3 is 0 Å². The van der Waals surface area contributed by atoms with Gasteiger partial charge in [-0.2, -0.15) is 0 Å². The molecule has 1 saturated carbocycles. The van der Waals surface area contributed by atoms with Gasteiger partial charge in [0, 0.05) is 39.6 Å². The SMILES string of the molecule is CCS(=O)C1CCCC(NC(=O)c2csc(CCN)n2)C1.Cl. The molecule has 3 unspecified atom stereocenters. The number of carbonyl (C=O) groups excluding carboxylic acids is 1. The summed E-state index contributed by atoms with van der Waals surface area (Å²) in [5.41, 5.74) is 5.96. The Labute approximate surface area is 144 Å². The Morgan fingerprint density at radius 1 is 1.55 bits per heavy atom. The van der Waals surface area contributed by atoms with E-state index in [1.807, 2.05) is 6.92 Å². The molecule has 1 aliphatic carbocycles. The highest BCUT2D eigenvalue weighted by Gasteiger charge is 2.27. The number of amides is 1. The van der Waals surface area contributed by atoms with Crippen LogP contribution in [0.3, 0.4) is 0 Å². The second-order valence-electron chi connectivity index (χ2n) is 5.29. The van der Waals surface area contributed by atoms with Gasteiger partial charge in [0.15, 0.2) is 0 Å². The summed E-state index contributed by atoms with van der Waals surface area (Å²) in [4.78, 5) is 16.5. The lowest BCUT2D eigenvalue weighted by atomic mass is 9.95. The Bertz CT molecular complexity index is 510. The molecule has 1 aliphatic rings. The summed E-state index contributed by atoms with van der Waals surface area (Å²) in [6.07, 6.45) is 4.51. The van der Waals surface area contributed by atoms with Crippen LogP contribution in [-0.4, -0.2) is 38.7 Å². The van der Waals surface area contributed by atoms with Crippen molar-refractivity contribution in [2.24, 2.45) is 5.73 Å². The molecule has 2 rings (SSSR count). The van der Waals surface area contributed by atoms with Gasteiger partial charge in [-0.3, -0.25) is 9.00 Å².